The van der Waals surface area contributed by atoms with E-state index in [1.54, 1.807) is 12.1 Å². The highest BCUT2D eigenvalue weighted by Gasteiger charge is 2.14. The molecule has 1 atom stereocenters. The molecule has 2 aromatic rings. The molecule has 1 heterocycles. The van der Waals surface area contributed by atoms with Crippen LogP contribution in [0.25, 0.3) is 0 Å². The van der Waals surface area contributed by atoms with Gasteiger partial charge in [-0.05, 0) is 24.6 Å². The summed E-state index contributed by atoms with van der Waals surface area (Å²) in [5.41, 5.74) is 5.95. The Morgan fingerprint density at radius 2 is 2.15 bits per heavy atom. The molecule has 0 saturated heterocycles. The van der Waals surface area contributed by atoms with E-state index in [4.69, 9.17) is 10.5 Å². The smallest absolute Gasteiger partial charge is 0.305 e. The second-order valence-electron chi connectivity index (χ2n) is 4.19. The van der Waals surface area contributed by atoms with E-state index in [1.807, 2.05) is 6.92 Å². The Balaban J connectivity index is 2.24. The monoisotopic (exact) mass is 277 g/mol. The minimum atomic E-state index is -0.962. The number of ether oxygens (including phenoxy) is 1. The topological polar surface area (TPSA) is 91.3 Å². The lowest BCUT2D eigenvalue weighted by atomic mass is 10.1. The number of nitrogens with zero attached hydrogens (tertiary/aromatic N) is 2. The van der Waals surface area contributed by atoms with Gasteiger partial charge in [-0.3, -0.25) is 10.1 Å². The van der Waals surface area contributed by atoms with Gasteiger partial charge in [-0.2, -0.15) is 4.39 Å². The minimum Gasteiger partial charge on any atom is -0.439 e. The van der Waals surface area contributed by atoms with E-state index < -0.39 is 16.4 Å². The van der Waals surface area contributed by atoms with Crippen LogP contribution in [0.4, 0.5) is 10.1 Å². The zero-order chi connectivity index (χ0) is 14.7. The summed E-state index contributed by atoms with van der Waals surface area (Å²) >= 11 is 0. The zero-order valence-corrected chi connectivity index (χ0v) is 10.6. The van der Waals surface area contributed by atoms with Crippen molar-refractivity contribution in [3.8, 4) is 11.6 Å². The summed E-state index contributed by atoms with van der Waals surface area (Å²) in [7, 11) is 0. The maximum atomic E-state index is 13.4. The number of nitro benzene ring substituents is 1. The van der Waals surface area contributed by atoms with E-state index in [0.717, 1.165) is 17.7 Å². The van der Waals surface area contributed by atoms with Gasteiger partial charge in [-0.15, -0.1) is 0 Å². The van der Waals surface area contributed by atoms with Crippen molar-refractivity contribution in [3.63, 3.8) is 0 Å². The molecular weight excluding hydrogens is 265 g/mol. The Bertz CT molecular complexity index is 647. The SMILES string of the molecule is C[C@@H](N)c1ccnc(Oc2ccc([N+](=O)[O-])c(F)c2)c1. The summed E-state index contributed by atoms with van der Waals surface area (Å²) in [4.78, 5) is 13.7. The second kappa shape index (κ2) is 5.62. The number of hydrogen-bond acceptors (Lipinski definition) is 5. The van der Waals surface area contributed by atoms with Crippen molar-refractivity contribution in [2.75, 3.05) is 0 Å². The molecule has 2 N–H and O–H groups in total. The Hall–Kier alpha value is -2.54. The fourth-order valence-corrected chi connectivity index (χ4v) is 1.58. The minimum absolute atomic E-state index is 0.127. The van der Waals surface area contributed by atoms with Crippen LogP contribution in [-0.4, -0.2) is 9.91 Å². The number of benzene rings is 1. The number of nitrogens with two attached hydrogens (primary N) is 1. The summed E-state index contributed by atoms with van der Waals surface area (Å²) < 4.78 is 18.8. The van der Waals surface area contributed by atoms with Crippen LogP contribution in [0.5, 0.6) is 11.6 Å². The molecule has 0 amide bonds. The molecule has 0 aliphatic rings. The van der Waals surface area contributed by atoms with Gasteiger partial charge in [-0.1, -0.05) is 0 Å². The average Bonchev–Trinajstić information content (AvgIpc) is 2.38. The summed E-state index contributed by atoms with van der Waals surface area (Å²) in [5, 5.41) is 10.5. The van der Waals surface area contributed by atoms with Crippen molar-refractivity contribution in [3.05, 3.63) is 58.0 Å². The molecule has 0 aliphatic heterocycles. The molecule has 0 radical (unpaired) electrons. The first-order chi connectivity index (χ1) is 9.47. The highest BCUT2D eigenvalue weighted by molar-refractivity contribution is 5.39. The van der Waals surface area contributed by atoms with Crippen molar-refractivity contribution in [2.24, 2.45) is 5.73 Å². The van der Waals surface area contributed by atoms with Gasteiger partial charge in [0.25, 0.3) is 0 Å². The van der Waals surface area contributed by atoms with E-state index in [2.05, 4.69) is 4.98 Å². The van der Waals surface area contributed by atoms with Crippen LogP contribution in [0.1, 0.15) is 18.5 Å². The predicted octanol–water partition coefficient (Wildman–Crippen LogP) is 2.94. The Kier molecular flexibility index (Phi) is 3.90. The number of rotatable bonds is 4. The molecule has 2 rings (SSSR count). The van der Waals surface area contributed by atoms with Crippen molar-refractivity contribution < 1.29 is 14.1 Å². The molecule has 0 spiro atoms. The Labute approximate surface area is 114 Å². The normalized spacial score (nSPS) is 11.9. The van der Waals surface area contributed by atoms with Crippen LogP contribution in [0.15, 0.2) is 36.5 Å². The van der Waals surface area contributed by atoms with E-state index in [-0.39, 0.29) is 17.7 Å². The molecule has 20 heavy (non-hydrogen) atoms. The maximum Gasteiger partial charge on any atom is 0.305 e. The predicted molar refractivity (Wildman–Crippen MR) is 70.0 cm³/mol. The van der Waals surface area contributed by atoms with Crippen molar-refractivity contribution in [1.82, 2.24) is 4.98 Å². The van der Waals surface area contributed by atoms with Crippen LogP contribution in [0, 0.1) is 15.9 Å². The van der Waals surface area contributed by atoms with Gasteiger partial charge in [0, 0.05) is 30.4 Å². The first-order valence-corrected chi connectivity index (χ1v) is 5.80. The third-order valence-corrected chi connectivity index (χ3v) is 2.62. The lowest BCUT2D eigenvalue weighted by molar-refractivity contribution is -0.387. The van der Waals surface area contributed by atoms with Gasteiger partial charge in [0.05, 0.1) is 4.92 Å². The first-order valence-electron chi connectivity index (χ1n) is 5.80. The number of hydrogen-bond donors (Lipinski definition) is 1. The van der Waals surface area contributed by atoms with Gasteiger partial charge < -0.3 is 10.5 Å². The van der Waals surface area contributed by atoms with Crippen molar-refractivity contribution >= 4 is 5.69 Å². The number of aromatic nitrogens is 1. The average molecular weight is 277 g/mol. The molecule has 1 aromatic carbocycles. The maximum absolute atomic E-state index is 13.4. The lowest BCUT2D eigenvalue weighted by Gasteiger charge is -2.08. The molecule has 0 bridgehead atoms. The van der Waals surface area contributed by atoms with Crippen molar-refractivity contribution in [1.29, 1.82) is 0 Å². The second-order valence-corrected chi connectivity index (χ2v) is 4.19. The van der Waals surface area contributed by atoms with E-state index in [9.17, 15) is 14.5 Å². The van der Waals surface area contributed by atoms with Gasteiger partial charge in [0.1, 0.15) is 5.75 Å². The van der Waals surface area contributed by atoms with Gasteiger partial charge >= 0.3 is 5.69 Å². The largest absolute Gasteiger partial charge is 0.439 e. The van der Waals surface area contributed by atoms with Crippen LogP contribution < -0.4 is 10.5 Å². The van der Waals surface area contributed by atoms with Crippen LogP contribution in [-0.2, 0) is 0 Å². The number of nitro groups is 1. The third-order valence-electron chi connectivity index (χ3n) is 2.62. The van der Waals surface area contributed by atoms with Gasteiger partial charge in [0.15, 0.2) is 0 Å². The molecule has 6 nitrogen and oxygen atoms in total. The zero-order valence-electron chi connectivity index (χ0n) is 10.6. The molecule has 7 heteroatoms. The number of pyridine rings is 1. The van der Waals surface area contributed by atoms with Gasteiger partial charge in [-0.25, -0.2) is 4.98 Å². The molecule has 0 aliphatic carbocycles. The summed E-state index contributed by atoms with van der Waals surface area (Å²) in [6.45, 7) is 1.81. The summed E-state index contributed by atoms with van der Waals surface area (Å²) in [6, 6.07) is 6.48. The van der Waals surface area contributed by atoms with Crippen LogP contribution in [0.2, 0.25) is 0 Å². The lowest BCUT2D eigenvalue weighted by Crippen LogP contribution is -2.05. The number of halogens is 1. The highest BCUT2D eigenvalue weighted by Crippen LogP contribution is 2.26. The fraction of sp³-hybridized carbons (Fsp3) is 0.154. The van der Waals surface area contributed by atoms with Gasteiger partial charge in [0.2, 0.25) is 11.7 Å². The van der Waals surface area contributed by atoms with E-state index in [0.29, 0.717) is 0 Å². The Morgan fingerprint density at radius 1 is 1.40 bits per heavy atom. The fourth-order valence-electron chi connectivity index (χ4n) is 1.58. The first kappa shape index (κ1) is 13.9. The quantitative estimate of drug-likeness (QED) is 0.685. The molecular formula is C13H12FN3O3. The Morgan fingerprint density at radius 3 is 2.75 bits per heavy atom. The molecule has 0 saturated carbocycles. The standard InChI is InChI=1S/C13H12FN3O3/c1-8(15)9-4-5-16-13(6-9)20-10-2-3-12(17(18)19)11(14)7-10/h2-8H,15H2,1H3/t8-/m1/s1. The van der Waals surface area contributed by atoms with E-state index >= 15 is 0 Å². The van der Waals surface area contributed by atoms with Crippen LogP contribution in [0.3, 0.4) is 0 Å². The molecule has 104 valence electrons. The van der Waals surface area contributed by atoms with Crippen molar-refractivity contribution in [2.45, 2.75) is 13.0 Å². The molecule has 1 aromatic heterocycles. The van der Waals surface area contributed by atoms with E-state index in [1.165, 1.54) is 12.3 Å². The summed E-state index contributed by atoms with van der Waals surface area (Å²) in [6.07, 6.45) is 1.52. The molecule has 0 unspecified atom stereocenters. The highest BCUT2D eigenvalue weighted by atomic mass is 19.1. The molecule has 0 fully saturated rings. The third kappa shape index (κ3) is 3.07. The van der Waals surface area contributed by atoms with Crippen LogP contribution >= 0.6 is 0 Å². The summed E-state index contributed by atoms with van der Waals surface area (Å²) in [5.74, 6) is -0.591.